The molecule has 4 nitrogen and oxygen atoms in total. The first-order valence-corrected chi connectivity index (χ1v) is 8.43. The molecule has 0 amide bonds. The van der Waals surface area contributed by atoms with Crippen molar-refractivity contribution in [2.45, 2.75) is 18.7 Å². The fraction of sp³-hybridized carbons (Fsp3) is 0.188. The number of hydrogen-bond acceptors (Lipinski definition) is 4. The van der Waals surface area contributed by atoms with Crippen LogP contribution in [-0.2, 0) is 9.84 Å². The van der Waals surface area contributed by atoms with Gasteiger partial charge < -0.3 is 0 Å². The first kappa shape index (κ1) is 15.3. The van der Waals surface area contributed by atoms with Gasteiger partial charge in [0, 0.05) is 6.26 Å². The van der Waals surface area contributed by atoms with Crippen molar-refractivity contribution in [3.63, 3.8) is 0 Å². The Hall–Kier alpha value is -2.14. The van der Waals surface area contributed by atoms with Gasteiger partial charge in [-0.05, 0) is 49.2 Å². The van der Waals surface area contributed by atoms with Crippen LogP contribution in [0.15, 0.2) is 58.5 Å². The molecular weight excluding hydrogens is 284 g/mol. The second-order valence-corrected chi connectivity index (χ2v) is 6.99. The van der Waals surface area contributed by atoms with E-state index in [9.17, 15) is 8.42 Å². The molecule has 0 saturated carbocycles. The zero-order valence-corrected chi connectivity index (χ0v) is 13.1. The van der Waals surface area contributed by atoms with Crippen molar-refractivity contribution < 1.29 is 8.42 Å². The van der Waals surface area contributed by atoms with E-state index in [2.05, 4.69) is 10.5 Å². The number of rotatable bonds is 4. The van der Waals surface area contributed by atoms with Crippen molar-refractivity contribution in [1.82, 2.24) is 0 Å². The van der Waals surface area contributed by atoms with E-state index in [-0.39, 0.29) is 0 Å². The SMILES string of the molecule is C/C(=N/Nc1cccc(C)c1)c1ccc(S(C)(=O)=O)cc1. The van der Waals surface area contributed by atoms with Crippen molar-refractivity contribution >= 4 is 21.2 Å². The van der Waals surface area contributed by atoms with Crippen LogP contribution >= 0.6 is 0 Å². The first-order valence-electron chi connectivity index (χ1n) is 6.54. The van der Waals surface area contributed by atoms with Gasteiger partial charge in [-0.1, -0.05) is 24.3 Å². The third-order valence-corrected chi connectivity index (χ3v) is 4.20. The minimum atomic E-state index is -3.16. The maximum absolute atomic E-state index is 11.4. The zero-order chi connectivity index (χ0) is 15.5. The molecule has 0 bridgehead atoms. The monoisotopic (exact) mass is 302 g/mol. The summed E-state index contributed by atoms with van der Waals surface area (Å²) in [6.07, 6.45) is 1.20. The molecule has 0 spiro atoms. The smallest absolute Gasteiger partial charge is 0.175 e. The van der Waals surface area contributed by atoms with E-state index in [1.54, 1.807) is 24.3 Å². The lowest BCUT2D eigenvalue weighted by atomic mass is 10.1. The Morgan fingerprint density at radius 3 is 2.33 bits per heavy atom. The van der Waals surface area contributed by atoms with Crippen LogP contribution in [0.3, 0.4) is 0 Å². The van der Waals surface area contributed by atoms with Gasteiger partial charge in [-0.3, -0.25) is 5.43 Å². The number of anilines is 1. The predicted molar refractivity (Wildman–Crippen MR) is 86.6 cm³/mol. The van der Waals surface area contributed by atoms with E-state index in [1.807, 2.05) is 38.1 Å². The van der Waals surface area contributed by atoms with E-state index in [1.165, 1.54) is 6.26 Å². The van der Waals surface area contributed by atoms with Crippen LogP contribution in [0.4, 0.5) is 5.69 Å². The van der Waals surface area contributed by atoms with Gasteiger partial charge in [-0.2, -0.15) is 5.10 Å². The summed E-state index contributed by atoms with van der Waals surface area (Å²) in [6, 6.07) is 14.6. The van der Waals surface area contributed by atoms with Crippen LogP contribution in [0.5, 0.6) is 0 Å². The molecule has 5 heteroatoms. The molecule has 0 fully saturated rings. The van der Waals surface area contributed by atoms with E-state index in [0.29, 0.717) is 4.90 Å². The summed E-state index contributed by atoms with van der Waals surface area (Å²) in [4.78, 5) is 0.311. The lowest BCUT2D eigenvalue weighted by molar-refractivity contribution is 0.602. The van der Waals surface area contributed by atoms with Crippen molar-refractivity contribution in [2.75, 3.05) is 11.7 Å². The average molecular weight is 302 g/mol. The third kappa shape index (κ3) is 4.16. The van der Waals surface area contributed by atoms with Crippen LogP contribution in [0.1, 0.15) is 18.1 Å². The molecule has 0 heterocycles. The number of nitrogens with zero attached hydrogens (tertiary/aromatic N) is 1. The molecule has 2 aromatic carbocycles. The van der Waals surface area contributed by atoms with Crippen LogP contribution in [0, 0.1) is 6.92 Å². The maximum atomic E-state index is 11.4. The molecule has 0 aliphatic rings. The molecule has 0 atom stereocenters. The summed E-state index contributed by atoms with van der Waals surface area (Å²) in [5.74, 6) is 0. The molecule has 0 radical (unpaired) electrons. The highest BCUT2D eigenvalue weighted by molar-refractivity contribution is 7.90. The van der Waals surface area contributed by atoms with Crippen molar-refractivity contribution in [3.05, 3.63) is 59.7 Å². The number of aryl methyl sites for hydroxylation is 1. The second kappa shape index (κ2) is 6.10. The molecule has 2 aromatic rings. The Balaban J connectivity index is 2.16. The topological polar surface area (TPSA) is 58.5 Å². The molecule has 0 saturated heterocycles. The summed E-state index contributed by atoms with van der Waals surface area (Å²) in [6.45, 7) is 3.89. The zero-order valence-electron chi connectivity index (χ0n) is 12.3. The quantitative estimate of drug-likeness (QED) is 0.697. The Bertz CT molecular complexity index is 763. The Labute approximate surface area is 125 Å². The fourth-order valence-corrected chi connectivity index (χ4v) is 2.50. The minimum Gasteiger partial charge on any atom is -0.278 e. The molecule has 0 aliphatic carbocycles. The van der Waals surface area contributed by atoms with Crippen LogP contribution < -0.4 is 5.43 Å². The van der Waals surface area contributed by atoms with Crippen molar-refractivity contribution in [2.24, 2.45) is 5.10 Å². The van der Waals surface area contributed by atoms with Crippen molar-refractivity contribution in [3.8, 4) is 0 Å². The number of hydrogen-bond donors (Lipinski definition) is 1. The maximum Gasteiger partial charge on any atom is 0.175 e. The lowest BCUT2D eigenvalue weighted by Crippen LogP contribution is -2.01. The highest BCUT2D eigenvalue weighted by Crippen LogP contribution is 2.12. The molecule has 1 N–H and O–H groups in total. The molecule has 110 valence electrons. The summed E-state index contributed by atoms with van der Waals surface area (Å²) >= 11 is 0. The number of nitrogens with one attached hydrogen (secondary N) is 1. The van der Waals surface area contributed by atoms with E-state index in [4.69, 9.17) is 0 Å². The lowest BCUT2D eigenvalue weighted by Gasteiger charge is -2.05. The van der Waals surface area contributed by atoms with Gasteiger partial charge in [0.2, 0.25) is 0 Å². The standard InChI is InChI=1S/C16H18N2O2S/c1-12-5-4-6-15(11-12)18-17-13(2)14-7-9-16(10-8-14)21(3,19)20/h4-11,18H,1-3H3/b17-13-. The fourth-order valence-electron chi connectivity index (χ4n) is 1.87. The van der Waals surface area contributed by atoms with Gasteiger partial charge in [0.1, 0.15) is 0 Å². The van der Waals surface area contributed by atoms with Gasteiger partial charge in [-0.25, -0.2) is 8.42 Å². The van der Waals surface area contributed by atoms with Gasteiger partial charge in [-0.15, -0.1) is 0 Å². The molecule has 0 aromatic heterocycles. The molecule has 2 rings (SSSR count). The van der Waals surface area contributed by atoms with Crippen LogP contribution in [0.25, 0.3) is 0 Å². The van der Waals surface area contributed by atoms with Crippen LogP contribution in [-0.4, -0.2) is 20.4 Å². The van der Waals surface area contributed by atoms with Gasteiger partial charge in [0.15, 0.2) is 9.84 Å². The largest absolute Gasteiger partial charge is 0.278 e. The highest BCUT2D eigenvalue weighted by Gasteiger charge is 2.06. The summed E-state index contributed by atoms with van der Waals surface area (Å²) < 4.78 is 22.8. The summed E-state index contributed by atoms with van der Waals surface area (Å²) in [5, 5.41) is 4.31. The minimum absolute atomic E-state index is 0.311. The predicted octanol–water partition coefficient (Wildman–Crippen LogP) is 3.23. The summed E-state index contributed by atoms with van der Waals surface area (Å²) in [7, 11) is -3.16. The Morgan fingerprint density at radius 2 is 1.76 bits per heavy atom. The Morgan fingerprint density at radius 1 is 1.10 bits per heavy atom. The number of hydrazone groups is 1. The number of sulfone groups is 1. The molecule has 21 heavy (non-hydrogen) atoms. The van der Waals surface area contributed by atoms with Gasteiger partial charge in [0.25, 0.3) is 0 Å². The van der Waals surface area contributed by atoms with E-state index < -0.39 is 9.84 Å². The first-order chi connectivity index (χ1) is 9.86. The highest BCUT2D eigenvalue weighted by atomic mass is 32.2. The van der Waals surface area contributed by atoms with Gasteiger partial charge in [0.05, 0.1) is 16.3 Å². The van der Waals surface area contributed by atoms with E-state index >= 15 is 0 Å². The molecular formula is C16H18N2O2S. The van der Waals surface area contributed by atoms with Crippen molar-refractivity contribution in [1.29, 1.82) is 0 Å². The van der Waals surface area contributed by atoms with Gasteiger partial charge >= 0.3 is 0 Å². The molecule has 0 aliphatic heterocycles. The normalized spacial score (nSPS) is 12.2. The summed E-state index contributed by atoms with van der Waals surface area (Å²) in [5.41, 5.74) is 6.74. The van der Waals surface area contributed by atoms with Crippen LogP contribution in [0.2, 0.25) is 0 Å². The third-order valence-electron chi connectivity index (χ3n) is 3.07. The average Bonchev–Trinajstić information content (AvgIpc) is 2.44. The number of benzene rings is 2. The molecule has 0 unspecified atom stereocenters. The second-order valence-electron chi connectivity index (χ2n) is 4.98. The van der Waals surface area contributed by atoms with E-state index in [0.717, 1.165) is 22.5 Å². The Kier molecular flexibility index (Phi) is 4.43.